The second-order valence-electron chi connectivity index (χ2n) is 7.19. The van der Waals surface area contributed by atoms with Gasteiger partial charge >= 0.3 is 5.97 Å². The van der Waals surface area contributed by atoms with Crippen molar-refractivity contribution in [2.24, 2.45) is 5.92 Å². The molecular weight excluding hydrogens is 360 g/mol. The van der Waals surface area contributed by atoms with Crippen LogP contribution in [-0.4, -0.2) is 46.4 Å². The summed E-state index contributed by atoms with van der Waals surface area (Å²) < 4.78 is 12.9. The quantitative estimate of drug-likeness (QED) is 0.855. The first kappa shape index (κ1) is 18.2. The largest absolute Gasteiger partial charge is 0.481 e. The van der Waals surface area contributed by atoms with E-state index < -0.39 is 16.8 Å². The molecule has 4 rings (SSSR count). The molecule has 0 spiro atoms. The summed E-state index contributed by atoms with van der Waals surface area (Å²) in [5.74, 6) is -0.918. The first-order chi connectivity index (χ1) is 13.1. The Morgan fingerprint density at radius 3 is 2.30 bits per heavy atom. The second kappa shape index (κ2) is 7.82. The zero-order valence-electron chi connectivity index (χ0n) is 15.2. The first-order valence-electron chi connectivity index (χ1n) is 9.47. The van der Waals surface area contributed by atoms with Crippen LogP contribution in [0.5, 0.6) is 0 Å². The summed E-state index contributed by atoms with van der Waals surface area (Å²) in [4.78, 5) is 17.5. The molecule has 0 aliphatic carbocycles. The summed E-state index contributed by atoms with van der Waals surface area (Å²) >= 11 is 0. The molecule has 0 saturated carbocycles. The van der Waals surface area contributed by atoms with Gasteiger partial charge in [-0.3, -0.25) is 4.79 Å². The molecule has 0 aromatic heterocycles. The lowest BCUT2D eigenvalue weighted by Gasteiger charge is -2.34. The van der Waals surface area contributed by atoms with Crippen LogP contribution in [0.2, 0.25) is 0 Å². The lowest BCUT2D eigenvalue weighted by molar-refractivity contribution is -0.143. The highest BCUT2D eigenvalue weighted by Crippen LogP contribution is 2.41. The fourth-order valence-electron chi connectivity index (χ4n) is 4.08. The number of rotatable bonds is 5. The number of piperidine rings is 1. The predicted molar refractivity (Wildman–Crippen MR) is 106 cm³/mol. The summed E-state index contributed by atoms with van der Waals surface area (Å²) in [6.07, 6.45) is 2.66. The van der Waals surface area contributed by atoms with Crippen LogP contribution in [0.3, 0.4) is 0 Å². The Kier molecular flexibility index (Phi) is 5.27. The van der Waals surface area contributed by atoms with Crippen molar-refractivity contribution >= 4 is 28.1 Å². The van der Waals surface area contributed by atoms with Crippen LogP contribution in [0.15, 0.2) is 58.3 Å². The van der Waals surface area contributed by atoms with Gasteiger partial charge in [0.1, 0.15) is 0 Å². The van der Waals surface area contributed by atoms with E-state index >= 15 is 0 Å². The fourth-order valence-corrected chi connectivity index (χ4v) is 5.45. The van der Waals surface area contributed by atoms with E-state index in [1.165, 1.54) is 0 Å². The van der Waals surface area contributed by atoms with E-state index in [-0.39, 0.29) is 5.92 Å². The summed E-state index contributed by atoms with van der Waals surface area (Å²) in [7, 11) is -1.15. The van der Waals surface area contributed by atoms with Crippen molar-refractivity contribution in [3.8, 4) is 0 Å². The molecule has 6 heteroatoms. The molecule has 1 saturated heterocycles. The molecule has 2 aliphatic heterocycles. The minimum atomic E-state index is -1.15. The topological polar surface area (TPSA) is 60.9 Å². The van der Waals surface area contributed by atoms with E-state index in [0.717, 1.165) is 60.1 Å². The SMILES string of the molecule is O=C(O)[C@@H]1CCCN(CCCN2c3ccccc3S(=O)c3ccccc32)C1. The molecule has 27 heavy (non-hydrogen) atoms. The Hall–Kier alpha value is -2.18. The molecular formula is C21H24N2O3S. The predicted octanol–water partition coefficient (Wildman–Crippen LogP) is 3.49. The molecule has 1 atom stereocenters. The van der Waals surface area contributed by atoms with Crippen LogP contribution in [0.1, 0.15) is 19.3 Å². The van der Waals surface area contributed by atoms with E-state index in [0.29, 0.717) is 6.54 Å². The van der Waals surface area contributed by atoms with Gasteiger partial charge in [0.15, 0.2) is 0 Å². The molecule has 1 N–H and O–H groups in total. The van der Waals surface area contributed by atoms with Crippen molar-refractivity contribution < 1.29 is 14.1 Å². The van der Waals surface area contributed by atoms with Gasteiger partial charge in [0.25, 0.3) is 0 Å². The van der Waals surface area contributed by atoms with Gasteiger partial charge in [0, 0.05) is 13.1 Å². The van der Waals surface area contributed by atoms with Crippen molar-refractivity contribution in [3.63, 3.8) is 0 Å². The molecule has 2 heterocycles. The van der Waals surface area contributed by atoms with Crippen molar-refractivity contribution in [3.05, 3.63) is 48.5 Å². The smallest absolute Gasteiger partial charge is 0.307 e. The summed E-state index contributed by atoms with van der Waals surface area (Å²) in [6, 6.07) is 15.8. The Morgan fingerprint density at radius 2 is 1.67 bits per heavy atom. The molecule has 2 aliphatic rings. The molecule has 1 fully saturated rings. The number of carbonyl (C=O) groups is 1. The number of hydrogen-bond donors (Lipinski definition) is 1. The average Bonchev–Trinajstić information content (AvgIpc) is 2.71. The normalized spacial score (nSPS) is 20.1. The number of anilines is 2. The van der Waals surface area contributed by atoms with Crippen LogP contribution >= 0.6 is 0 Å². The number of para-hydroxylation sites is 2. The highest BCUT2D eigenvalue weighted by molar-refractivity contribution is 7.85. The maximum absolute atomic E-state index is 12.9. The van der Waals surface area contributed by atoms with Gasteiger partial charge in [-0.1, -0.05) is 24.3 Å². The highest BCUT2D eigenvalue weighted by Gasteiger charge is 2.28. The Bertz CT molecular complexity index is 821. The maximum Gasteiger partial charge on any atom is 0.307 e. The van der Waals surface area contributed by atoms with Crippen LogP contribution in [0.25, 0.3) is 0 Å². The number of hydrogen-bond acceptors (Lipinski definition) is 4. The van der Waals surface area contributed by atoms with Gasteiger partial charge in [0.2, 0.25) is 0 Å². The van der Waals surface area contributed by atoms with Gasteiger partial charge in [-0.2, -0.15) is 0 Å². The van der Waals surface area contributed by atoms with Gasteiger partial charge in [0.05, 0.1) is 37.9 Å². The number of nitrogens with zero attached hydrogens (tertiary/aromatic N) is 2. The summed E-state index contributed by atoms with van der Waals surface area (Å²) in [5.41, 5.74) is 2.02. The first-order valence-corrected chi connectivity index (χ1v) is 10.6. The summed E-state index contributed by atoms with van der Waals surface area (Å²) in [6.45, 7) is 3.32. The lowest BCUT2D eigenvalue weighted by atomic mass is 9.98. The second-order valence-corrected chi connectivity index (χ2v) is 8.60. The number of aliphatic carboxylic acids is 1. The molecule has 0 unspecified atom stereocenters. The maximum atomic E-state index is 12.9. The standard InChI is InChI=1S/C21H24N2O3S/c24-21(25)16-7-5-12-22(15-16)13-6-14-23-17-8-1-3-10-19(17)27(26)20-11-4-2-9-18(20)23/h1-4,8-11,16H,5-7,12-15H2,(H,24,25)/t16-/m1/s1. The third kappa shape index (κ3) is 3.64. The van der Waals surface area contributed by atoms with Gasteiger partial charge in [-0.05, 0) is 56.6 Å². The molecule has 5 nitrogen and oxygen atoms in total. The molecule has 142 valence electrons. The van der Waals surface area contributed by atoms with Crippen molar-refractivity contribution in [1.82, 2.24) is 4.90 Å². The van der Waals surface area contributed by atoms with Crippen LogP contribution in [0, 0.1) is 5.92 Å². The van der Waals surface area contributed by atoms with Crippen molar-refractivity contribution in [2.45, 2.75) is 29.1 Å². The number of benzene rings is 2. The zero-order chi connectivity index (χ0) is 18.8. The van der Waals surface area contributed by atoms with E-state index in [1.807, 2.05) is 48.5 Å². The zero-order valence-corrected chi connectivity index (χ0v) is 16.0. The van der Waals surface area contributed by atoms with Crippen LogP contribution < -0.4 is 4.90 Å². The van der Waals surface area contributed by atoms with E-state index in [9.17, 15) is 14.1 Å². The number of carboxylic acids is 1. The Balaban J connectivity index is 1.49. The molecule has 0 radical (unpaired) electrons. The third-order valence-corrected chi connectivity index (χ3v) is 6.91. The monoisotopic (exact) mass is 384 g/mol. The van der Waals surface area contributed by atoms with Crippen molar-refractivity contribution in [1.29, 1.82) is 0 Å². The third-order valence-electron chi connectivity index (χ3n) is 5.42. The van der Waals surface area contributed by atoms with Crippen LogP contribution in [0.4, 0.5) is 11.4 Å². The lowest BCUT2D eigenvalue weighted by Crippen LogP contribution is -2.40. The Labute approximate surface area is 162 Å². The molecule has 0 bridgehead atoms. The highest BCUT2D eigenvalue weighted by atomic mass is 32.2. The number of carboxylic acid groups (broad SMARTS) is 1. The molecule has 2 aromatic carbocycles. The fraction of sp³-hybridized carbons (Fsp3) is 0.381. The summed E-state index contributed by atoms with van der Waals surface area (Å²) in [5, 5.41) is 9.26. The van der Waals surface area contributed by atoms with Gasteiger partial charge < -0.3 is 14.9 Å². The number of fused-ring (bicyclic) bond motifs is 2. The Morgan fingerprint density at radius 1 is 1.04 bits per heavy atom. The minimum absolute atomic E-state index is 0.238. The van der Waals surface area contributed by atoms with E-state index in [4.69, 9.17) is 0 Å². The van der Waals surface area contributed by atoms with Gasteiger partial charge in [-0.15, -0.1) is 0 Å². The molecule has 0 amide bonds. The average molecular weight is 385 g/mol. The van der Waals surface area contributed by atoms with E-state index in [1.54, 1.807) is 0 Å². The number of likely N-dealkylation sites (tertiary alicyclic amines) is 1. The van der Waals surface area contributed by atoms with Crippen LogP contribution in [-0.2, 0) is 15.6 Å². The van der Waals surface area contributed by atoms with Gasteiger partial charge in [-0.25, -0.2) is 4.21 Å². The minimum Gasteiger partial charge on any atom is -0.481 e. The van der Waals surface area contributed by atoms with E-state index in [2.05, 4.69) is 9.80 Å². The van der Waals surface area contributed by atoms with Crippen molar-refractivity contribution in [2.75, 3.05) is 31.1 Å². The molecule has 2 aromatic rings.